The number of halogens is 1. The lowest BCUT2D eigenvalue weighted by Gasteiger charge is -2.23. The fourth-order valence-electron chi connectivity index (χ4n) is 2.04. The van der Waals surface area contributed by atoms with Gasteiger partial charge in [0.25, 0.3) is 0 Å². The van der Waals surface area contributed by atoms with Gasteiger partial charge in [0.1, 0.15) is 11.8 Å². The smallest absolute Gasteiger partial charge is 0.247 e. The number of rotatable bonds is 2. The van der Waals surface area contributed by atoms with Crippen molar-refractivity contribution in [3.05, 3.63) is 22.2 Å². The fraction of sp³-hybridized carbons (Fsp3) is 0.385. The molecule has 1 atom stereocenters. The highest BCUT2D eigenvalue weighted by Crippen LogP contribution is 2.32. The molecule has 0 saturated carbocycles. The molecule has 0 spiro atoms. The second kappa shape index (κ2) is 5.61. The first-order valence-electron chi connectivity index (χ1n) is 6.07. The Hall–Kier alpha value is -1.56. The third-order valence-electron chi connectivity index (χ3n) is 3.17. The van der Waals surface area contributed by atoms with E-state index in [1.807, 2.05) is 0 Å². The lowest BCUT2D eigenvalue weighted by atomic mass is 10.0. The molecular weight excluding hydrogens is 312 g/mol. The van der Waals surface area contributed by atoms with Crippen LogP contribution in [0.15, 0.2) is 16.6 Å². The van der Waals surface area contributed by atoms with E-state index in [0.717, 1.165) is 10.0 Å². The average molecular weight is 327 g/mol. The summed E-state index contributed by atoms with van der Waals surface area (Å²) in [5, 5.41) is 15.1. The molecule has 0 aromatic heterocycles. The molecule has 0 bridgehead atoms. The number of carbonyl (C=O) groups is 2. The monoisotopic (exact) mass is 326 g/mol. The van der Waals surface area contributed by atoms with E-state index < -0.39 is 6.04 Å². The Bertz CT molecular complexity index is 531. The molecule has 6 heteroatoms. The minimum absolute atomic E-state index is 0.0104. The van der Waals surface area contributed by atoms with Crippen LogP contribution in [-0.2, 0) is 9.59 Å². The second-order valence-electron chi connectivity index (χ2n) is 4.57. The summed E-state index contributed by atoms with van der Waals surface area (Å²) in [6.07, 6.45) is 1.78. The molecule has 0 aliphatic carbocycles. The van der Waals surface area contributed by atoms with Gasteiger partial charge in [-0.1, -0.05) is 15.9 Å². The Kier molecular flexibility index (Phi) is 4.09. The van der Waals surface area contributed by atoms with Crippen LogP contribution >= 0.6 is 15.9 Å². The van der Waals surface area contributed by atoms with Crippen LogP contribution in [0.1, 0.15) is 24.8 Å². The summed E-state index contributed by atoms with van der Waals surface area (Å²) in [6.45, 7) is 1.79. The fourth-order valence-corrected chi connectivity index (χ4v) is 2.37. The maximum Gasteiger partial charge on any atom is 0.247 e. The van der Waals surface area contributed by atoms with Crippen molar-refractivity contribution in [3.8, 4) is 5.75 Å². The molecule has 1 saturated heterocycles. The number of phenolic OH excluding ortho intramolecular Hbond substituents is 1. The highest BCUT2D eigenvalue weighted by Gasteiger charge is 2.25. The number of hydrogen-bond donors (Lipinski definition) is 3. The Labute approximate surface area is 119 Å². The van der Waals surface area contributed by atoms with Crippen molar-refractivity contribution >= 4 is 33.4 Å². The van der Waals surface area contributed by atoms with Crippen molar-refractivity contribution in [1.29, 1.82) is 0 Å². The lowest BCUT2D eigenvalue weighted by Crippen LogP contribution is -2.46. The van der Waals surface area contributed by atoms with Gasteiger partial charge in [0.15, 0.2) is 0 Å². The van der Waals surface area contributed by atoms with Crippen molar-refractivity contribution < 1.29 is 14.7 Å². The Morgan fingerprint density at radius 2 is 2.26 bits per heavy atom. The quantitative estimate of drug-likeness (QED) is 0.728. The highest BCUT2D eigenvalue weighted by atomic mass is 79.9. The molecule has 1 aromatic carbocycles. The Morgan fingerprint density at radius 3 is 2.95 bits per heavy atom. The van der Waals surface area contributed by atoms with Gasteiger partial charge in [-0.3, -0.25) is 9.59 Å². The number of piperidine rings is 1. The summed E-state index contributed by atoms with van der Waals surface area (Å²) in [4.78, 5) is 23.3. The van der Waals surface area contributed by atoms with Crippen molar-refractivity contribution in [3.63, 3.8) is 0 Å². The third kappa shape index (κ3) is 3.07. The lowest BCUT2D eigenvalue weighted by molar-refractivity contribution is -0.128. The van der Waals surface area contributed by atoms with E-state index in [1.165, 1.54) is 6.07 Å². The van der Waals surface area contributed by atoms with E-state index in [1.54, 1.807) is 13.0 Å². The molecule has 5 nitrogen and oxygen atoms in total. The maximum atomic E-state index is 12.1. The molecular formula is C13H15BrN2O3. The van der Waals surface area contributed by atoms with Crippen LogP contribution < -0.4 is 10.6 Å². The first-order chi connectivity index (χ1) is 8.99. The minimum Gasteiger partial charge on any atom is -0.506 e. The van der Waals surface area contributed by atoms with Crippen molar-refractivity contribution in [2.75, 3.05) is 5.32 Å². The van der Waals surface area contributed by atoms with E-state index in [2.05, 4.69) is 26.6 Å². The number of anilines is 1. The normalized spacial score (nSPS) is 18.8. The van der Waals surface area contributed by atoms with Crippen LogP contribution in [0, 0.1) is 6.92 Å². The minimum atomic E-state index is -0.529. The van der Waals surface area contributed by atoms with E-state index >= 15 is 0 Å². The summed E-state index contributed by atoms with van der Waals surface area (Å²) < 4.78 is 0.799. The summed E-state index contributed by atoms with van der Waals surface area (Å²) in [6, 6.07) is 2.69. The van der Waals surface area contributed by atoms with Crippen molar-refractivity contribution in [2.45, 2.75) is 32.2 Å². The van der Waals surface area contributed by atoms with Crippen LogP contribution in [0.25, 0.3) is 0 Å². The first-order valence-corrected chi connectivity index (χ1v) is 6.86. The standard InChI is InChI=1S/C13H15BrN2O3/c1-7-8(14)5-6-10(17)12(7)16-13(19)9-3-2-4-11(18)15-9/h5-6,9,17H,2-4H2,1H3,(H,15,18)(H,16,19). The number of carbonyl (C=O) groups excluding carboxylic acids is 2. The number of phenols is 1. The van der Waals surface area contributed by atoms with Gasteiger partial charge in [0, 0.05) is 10.9 Å². The molecule has 3 N–H and O–H groups in total. The van der Waals surface area contributed by atoms with E-state index in [4.69, 9.17) is 0 Å². The predicted octanol–water partition coefficient (Wildman–Crippen LogP) is 2.07. The summed E-state index contributed by atoms with van der Waals surface area (Å²) in [5.74, 6) is -0.401. The molecule has 102 valence electrons. The molecule has 1 heterocycles. The summed E-state index contributed by atoms with van der Waals surface area (Å²) in [5.41, 5.74) is 1.12. The van der Waals surface area contributed by atoms with Gasteiger partial charge in [0.05, 0.1) is 5.69 Å². The van der Waals surface area contributed by atoms with E-state index in [9.17, 15) is 14.7 Å². The Balaban J connectivity index is 2.15. The number of nitrogens with one attached hydrogen (secondary N) is 2. The third-order valence-corrected chi connectivity index (χ3v) is 4.03. The van der Waals surface area contributed by atoms with E-state index in [0.29, 0.717) is 24.9 Å². The highest BCUT2D eigenvalue weighted by molar-refractivity contribution is 9.10. The largest absolute Gasteiger partial charge is 0.506 e. The number of benzene rings is 1. The number of aromatic hydroxyl groups is 1. The van der Waals surface area contributed by atoms with Gasteiger partial charge < -0.3 is 15.7 Å². The number of hydrogen-bond acceptors (Lipinski definition) is 3. The van der Waals surface area contributed by atoms with Gasteiger partial charge in [-0.05, 0) is 37.5 Å². The van der Waals surface area contributed by atoms with Crippen LogP contribution in [-0.4, -0.2) is 23.0 Å². The molecule has 1 aliphatic heterocycles. The predicted molar refractivity (Wildman–Crippen MR) is 75.0 cm³/mol. The van der Waals surface area contributed by atoms with Gasteiger partial charge in [0.2, 0.25) is 11.8 Å². The van der Waals surface area contributed by atoms with Gasteiger partial charge in [-0.15, -0.1) is 0 Å². The van der Waals surface area contributed by atoms with Crippen LogP contribution in [0.2, 0.25) is 0 Å². The molecule has 1 unspecified atom stereocenters. The zero-order chi connectivity index (χ0) is 14.0. The van der Waals surface area contributed by atoms with Crippen molar-refractivity contribution in [2.24, 2.45) is 0 Å². The molecule has 2 amide bonds. The Morgan fingerprint density at radius 1 is 1.53 bits per heavy atom. The molecule has 2 rings (SSSR count). The zero-order valence-electron chi connectivity index (χ0n) is 10.5. The van der Waals surface area contributed by atoms with Crippen LogP contribution in [0.4, 0.5) is 5.69 Å². The topological polar surface area (TPSA) is 78.4 Å². The zero-order valence-corrected chi connectivity index (χ0v) is 12.1. The SMILES string of the molecule is Cc1c(Br)ccc(O)c1NC(=O)C1CCCC(=O)N1. The number of amides is 2. The van der Waals surface area contributed by atoms with Gasteiger partial charge in [-0.2, -0.15) is 0 Å². The molecule has 1 aliphatic rings. The van der Waals surface area contributed by atoms with Gasteiger partial charge >= 0.3 is 0 Å². The van der Waals surface area contributed by atoms with Crippen LogP contribution in [0.3, 0.4) is 0 Å². The molecule has 1 aromatic rings. The summed E-state index contributed by atoms with van der Waals surface area (Å²) >= 11 is 3.34. The second-order valence-corrected chi connectivity index (χ2v) is 5.42. The van der Waals surface area contributed by atoms with Gasteiger partial charge in [-0.25, -0.2) is 0 Å². The molecule has 1 fully saturated rings. The van der Waals surface area contributed by atoms with E-state index in [-0.39, 0.29) is 17.6 Å². The molecule has 0 radical (unpaired) electrons. The summed E-state index contributed by atoms with van der Waals surface area (Å²) in [7, 11) is 0. The van der Waals surface area contributed by atoms with Crippen LogP contribution in [0.5, 0.6) is 5.75 Å². The first kappa shape index (κ1) is 13.9. The van der Waals surface area contributed by atoms with Crippen molar-refractivity contribution in [1.82, 2.24) is 5.32 Å². The molecule has 19 heavy (non-hydrogen) atoms. The maximum absolute atomic E-state index is 12.1. The average Bonchev–Trinajstić information content (AvgIpc) is 2.39.